The molecule has 0 bridgehead atoms. The molecule has 2 aromatic heterocycles. The zero-order valence-electron chi connectivity index (χ0n) is 42.7. The van der Waals surface area contributed by atoms with Gasteiger partial charge in [0.1, 0.15) is 29.4 Å². The summed E-state index contributed by atoms with van der Waals surface area (Å²) < 4.78 is 52.0. The first kappa shape index (κ1) is 55.7. The fourth-order valence-electron chi connectivity index (χ4n) is 8.77. The molecule has 1 aliphatic rings. The van der Waals surface area contributed by atoms with Crippen LogP contribution in [0.15, 0.2) is 176 Å². The third kappa shape index (κ3) is 13.2. The standard InChI is InChI=1S/C58H53N8O10P.B/c1-69-47-29-25-43(26-30-47)58(42-19-9-4-10-20-42,44-27-31-48(70-2)32-28-44)71-39-50-49(76-77(72-35-15-33-59)73-36-16-34-60)38-52(74-50)65-40-61-53-54(65)63-56(62-51(67)37-41-17-7-3-8-18-41)64-55(53)75-57(68)66(45-21-11-5-12-22-45)46-23-13-6-14-24-46;/h3-14,17-32,40,49-50,52H,15-16,35-39H2,1-2H3,(H,62,63,64,67);/t49-,50+,52+;/m0./s1. The lowest BCUT2D eigenvalue weighted by Crippen LogP contribution is -2.38. The summed E-state index contributed by atoms with van der Waals surface area (Å²) in [4.78, 5) is 43.6. The fraction of sp³-hybridized carbons (Fsp3) is 0.224. The molecule has 393 valence electrons. The van der Waals surface area contributed by atoms with Crippen molar-refractivity contribution in [3.63, 3.8) is 0 Å². The van der Waals surface area contributed by atoms with Crippen LogP contribution in [0.1, 0.15) is 47.7 Å². The van der Waals surface area contributed by atoms with E-state index in [1.165, 1.54) is 11.2 Å². The quantitative estimate of drug-likeness (QED) is 0.0273. The van der Waals surface area contributed by atoms with Crippen LogP contribution >= 0.6 is 8.60 Å². The maximum Gasteiger partial charge on any atom is 0.425 e. The van der Waals surface area contributed by atoms with Crippen molar-refractivity contribution in [2.45, 2.75) is 49.7 Å². The van der Waals surface area contributed by atoms with Crippen LogP contribution in [0.2, 0.25) is 0 Å². The van der Waals surface area contributed by atoms with Crippen LogP contribution < -0.4 is 24.4 Å². The number of amides is 2. The SMILES string of the molecule is COc1ccc(C(OC[C@H]2O[C@@H](n3cnc4c(OC(=O)N(c5ccccc5)c5ccccc5)nc(NC(=O)Cc5ccccc5)nc43)C[C@@H]2OP(OCCC#N)OCCC#N)(c2ccccc2)c2ccc(OC)cc2)cc1.[B]. The minimum atomic E-state index is -2.14. The Morgan fingerprint density at radius 1 is 0.731 bits per heavy atom. The van der Waals surface area contributed by atoms with Gasteiger partial charge in [-0.25, -0.2) is 14.7 Å². The number of nitrogens with zero attached hydrogens (tertiary/aromatic N) is 7. The molecule has 2 amide bonds. The predicted molar refractivity (Wildman–Crippen MR) is 292 cm³/mol. The monoisotopic (exact) mass is 1060 g/mol. The maximum atomic E-state index is 14.5. The van der Waals surface area contributed by atoms with Gasteiger partial charge in [0.15, 0.2) is 11.2 Å². The Hall–Kier alpha value is -8.52. The van der Waals surface area contributed by atoms with Gasteiger partial charge in [-0.15, -0.1) is 0 Å². The van der Waals surface area contributed by atoms with Crippen molar-refractivity contribution in [1.29, 1.82) is 10.5 Å². The van der Waals surface area contributed by atoms with Crippen LogP contribution in [-0.4, -0.2) is 86.2 Å². The van der Waals surface area contributed by atoms with Crippen molar-refractivity contribution in [2.24, 2.45) is 0 Å². The second-order valence-electron chi connectivity index (χ2n) is 17.3. The number of hydrogen-bond acceptors (Lipinski definition) is 15. The van der Waals surface area contributed by atoms with E-state index in [2.05, 4.69) is 22.4 Å². The van der Waals surface area contributed by atoms with Gasteiger partial charge >= 0.3 is 14.7 Å². The number of carbonyl (C=O) groups is 2. The lowest BCUT2D eigenvalue weighted by atomic mass is 9.80. The highest BCUT2D eigenvalue weighted by Gasteiger charge is 2.45. The van der Waals surface area contributed by atoms with Gasteiger partial charge in [-0.2, -0.15) is 20.5 Å². The third-order valence-electron chi connectivity index (χ3n) is 12.4. The van der Waals surface area contributed by atoms with Crippen molar-refractivity contribution in [3.8, 4) is 29.5 Å². The van der Waals surface area contributed by atoms with E-state index in [4.69, 9.17) is 47.2 Å². The van der Waals surface area contributed by atoms with Gasteiger partial charge in [0.25, 0.3) is 5.88 Å². The summed E-state index contributed by atoms with van der Waals surface area (Å²) in [5, 5.41) is 21.6. The smallest absolute Gasteiger partial charge is 0.425 e. The molecule has 0 aliphatic carbocycles. The van der Waals surface area contributed by atoms with E-state index in [0.29, 0.717) is 22.9 Å². The maximum absolute atomic E-state index is 14.5. The summed E-state index contributed by atoms with van der Waals surface area (Å²) in [6.07, 6.45) is -1.62. The van der Waals surface area contributed by atoms with Crippen LogP contribution in [-0.2, 0) is 39.9 Å². The van der Waals surface area contributed by atoms with Crippen molar-refractivity contribution < 1.29 is 46.8 Å². The van der Waals surface area contributed by atoms with E-state index >= 15 is 0 Å². The van der Waals surface area contributed by atoms with Crippen LogP contribution in [0.5, 0.6) is 17.4 Å². The Bertz CT molecular complexity index is 3190. The number of anilines is 3. The van der Waals surface area contributed by atoms with E-state index in [1.807, 2.05) is 121 Å². The zero-order valence-corrected chi connectivity index (χ0v) is 43.6. The van der Waals surface area contributed by atoms with Gasteiger partial charge in [-0.3, -0.25) is 14.7 Å². The summed E-state index contributed by atoms with van der Waals surface area (Å²) in [6, 6.07) is 56.4. The molecule has 3 atom stereocenters. The number of imidazole rings is 1. The number of rotatable bonds is 23. The largest absolute Gasteiger partial charge is 0.497 e. The van der Waals surface area contributed by atoms with Gasteiger partial charge in [0.05, 0.1) is 89.2 Å². The average molecular weight is 1060 g/mol. The molecule has 1 saturated heterocycles. The van der Waals surface area contributed by atoms with Crippen molar-refractivity contribution in [1.82, 2.24) is 19.5 Å². The van der Waals surface area contributed by atoms with Crippen molar-refractivity contribution >= 4 is 57.5 Å². The molecule has 0 unspecified atom stereocenters. The molecule has 1 aliphatic heterocycles. The van der Waals surface area contributed by atoms with E-state index in [-0.39, 0.29) is 76.9 Å². The molecular weight excluding hydrogens is 1010 g/mol. The molecule has 3 radical (unpaired) electrons. The average Bonchev–Trinajstić information content (AvgIpc) is 4.23. The molecule has 20 heteroatoms. The molecule has 0 spiro atoms. The first-order valence-corrected chi connectivity index (χ1v) is 25.7. The van der Waals surface area contributed by atoms with Gasteiger partial charge < -0.3 is 37.3 Å². The number of para-hydroxylation sites is 2. The molecule has 18 nitrogen and oxygen atoms in total. The van der Waals surface area contributed by atoms with E-state index in [9.17, 15) is 20.1 Å². The number of nitriles is 2. The molecule has 1 fully saturated rings. The third-order valence-corrected chi connectivity index (χ3v) is 13.6. The number of carbonyl (C=O) groups excluding carboxylic acids is 2. The minimum Gasteiger partial charge on any atom is -0.497 e. The van der Waals surface area contributed by atoms with Gasteiger partial charge in [-0.1, -0.05) is 121 Å². The highest BCUT2D eigenvalue weighted by Crippen LogP contribution is 2.48. The normalized spacial score (nSPS) is 14.9. The minimum absolute atomic E-state index is 0. The second-order valence-corrected chi connectivity index (χ2v) is 18.5. The topological polar surface area (TPSA) is 214 Å². The Morgan fingerprint density at radius 2 is 1.26 bits per heavy atom. The Morgan fingerprint density at radius 3 is 1.79 bits per heavy atom. The molecule has 6 aromatic carbocycles. The van der Waals surface area contributed by atoms with Gasteiger partial charge in [-0.05, 0) is 70.8 Å². The Labute approximate surface area is 454 Å². The molecule has 78 heavy (non-hydrogen) atoms. The summed E-state index contributed by atoms with van der Waals surface area (Å²) >= 11 is 0. The molecule has 3 heterocycles. The lowest BCUT2D eigenvalue weighted by molar-refractivity contribution is -0.115. The van der Waals surface area contributed by atoms with Crippen molar-refractivity contribution in [3.05, 3.63) is 198 Å². The Kier molecular flexibility index (Phi) is 19.3. The first-order chi connectivity index (χ1) is 37.8. The molecule has 9 rings (SSSR count). The van der Waals surface area contributed by atoms with Crippen LogP contribution in [0.4, 0.5) is 22.1 Å². The first-order valence-electron chi connectivity index (χ1n) is 24.6. The van der Waals surface area contributed by atoms with Gasteiger partial charge in [0, 0.05) is 14.8 Å². The molecule has 8 aromatic rings. The highest BCUT2D eigenvalue weighted by atomic mass is 31.2. The number of benzene rings is 6. The van der Waals surface area contributed by atoms with Crippen LogP contribution in [0, 0.1) is 22.7 Å². The van der Waals surface area contributed by atoms with Crippen LogP contribution in [0.3, 0.4) is 0 Å². The second kappa shape index (κ2) is 27.0. The Balaban J connectivity index is 0.00000803. The number of methoxy groups -OCH3 is 2. The van der Waals surface area contributed by atoms with E-state index < -0.39 is 44.6 Å². The molecule has 0 saturated carbocycles. The number of fused-ring (bicyclic) bond motifs is 1. The lowest BCUT2D eigenvalue weighted by Gasteiger charge is -2.37. The van der Waals surface area contributed by atoms with Gasteiger partial charge in [0.2, 0.25) is 11.9 Å². The number of hydrogen-bond donors (Lipinski definition) is 1. The number of nitrogens with one attached hydrogen (secondary N) is 1. The van der Waals surface area contributed by atoms with Crippen LogP contribution in [0.25, 0.3) is 11.2 Å². The molecular formula is C58H53BN8O10P. The summed E-state index contributed by atoms with van der Waals surface area (Å²) in [6.45, 7) is -0.0730. The predicted octanol–water partition coefficient (Wildman–Crippen LogP) is 10.7. The number of aromatic nitrogens is 4. The number of ether oxygens (including phenoxy) is 5. The van der Waals surface area contributed by atoms with Crippen molar-refractivity contribution in [2.75, 3.05) is 44.3 Å². The summed E-state index contributed by atoms with van der Waals surface area (Å²) in [7, 11) is 1.07. The molecule has 1 N–H and O–H groups in total. The highest BCUT2D eigenvalue weighted by molar-refractivity contribution is 7.41. The summed E-state index contributed by atoms with van der Waals surface area (Å²) in [5.74, 6) is 0.489. The van der Waals surface area contributed by atoms with E-state index in [1.54, 1.807) is 67.3 Å². The van der Waals surface area contributed by atoms with E-state index in [0.717, 1.165) is 22.3 Å². The summed E-state index contributed by atoms with van der Waals surface area (Å²) in [5.41, 5.74) is 3.17. The zero-order chi connectivity index (χ0) is 53.4. The fourth-order valence-corrected chi connectivity index (χ4v) is 9.89.